The van der Waals surface area contributed by atoms with E-state index in [1.807, 2.05) is 0 Å². The van der Waals surface area contributed by atoms with Gasteiger partial charge in [-0.3, -0.25) is 0 Å². The topological polar surface area (TPSA) is 78.4 Å². The fraction of sp³-hybridized carbons (Fsp3) is 0.385. The van der Waals surface area contributed by atoms with Crippen molar-refractivity contribution in [3.8, 4) is 0 Å². The van der Waals surface area contributed by atoms with Gasteiger partial charge in [-0.15, -0.1) is 0 Å². The second kappa shape index (κ2) is 5.77. The highest BCUT2D eigenvalue weighted by Gasteiger charge is 2.48. The third-order valence-corrected chi connectivity index (χ3v) is 4.52. The molecule has 1 aromatic carbocycles. The fourth-order valence-electron chi connectivity index (χ4n) is 1.97. The van der Waals surface area contributed by atoms with Gasteiger partial charge in [-0.05, 0) is 66.5 Å². The van der Waals surface area contributed by atoms with Crippen LogP contribution in [0.5, 0.6) is 0 Å². The molecule has 1 aliphatic carbocycles. The van der Waals surface area contributed by atoms with Crippen LogP contribution in [0.15, 0.2) is 18.2 Å². The van der Waals surface area contributed by atoms with Gasteiger partial charge in [-0.1, -0.05) is 11.6 Å². The lowest BCUT2D eigenvalue weighted by atomic mass is 9.96. The number of hydrogen-bond donors (Lipinski definition) is 3. The first-order valence-electron chi connectivity index (χ1n) is 6.10. The molecule has 0 saturated heterocycles. The molecule has 0 radical (unpaired) electrons. The van der Waals surface area contributed by atoms with Gasteiger partial charge in [-0.2, -0.15) is 0 Å². The highest BCUT2D eigenvalue weighted by Crippen LogP contribution is 2.39. The number of nitrogens with one attached hydrogen (secondary N) is 2. The van der Waals surface area contributed by atoms with E-state index in [1.54, 1.807) is 25.1 Å². The van der Waals surface area contributed by atoms with Gasteiger partial charge in [0.25, 0.3) is 0 Å². The van der Waals surface area contributed by atoms with Crippen LogP contribution in [-0.4, -0.2) is 22.6 Å². The Hall–Kier alpha value is -1.02. The lowest BCUT2D eigenvalue weighted by Gasteiger charge is -2.26. The van der Waals surface area contributed by atoms with E-state index in [0.29, 0.717) is 10.7 Å². The van der Waals surface area contributed by atoms with Gasteiger partial charge in [0.2, 0.25) is 0 Å². The summed E-state index contributed by atoms with van der Waals surface area (Å²) in [5, 5.41) is 15.1. The molecule has 1 aliphatic rings. The van der Waals surface area contributed by atoms with E-state index >= 15 is 0 Å². The Labute approximate surface area is 135 Å². The largest absolute Gasteiger partial charge is 0.480 e. The van der Waals surface area contributed by atoms with Crippen LogP contribution in [0.1, 0.15) is 19.8 Å². The van der Waals surface area contributed by atoms with Crippen molar-refractivity contribution in [3.05, 3.63) is 26.8 Å². The van der Waals surface area contributed by atoms with Crippen LogP contribution in [0.4, 0.5) is 10.5 Å². The number of aliphatic carboxylic acids is 1. The standard InChI is InChI=1S/C13H14ClIN2O3/c1-13(11(18)19,7-2-3-7)17-12(20)16-10-5-4-8(14)6-9(10)15/h4-7H,2-3H2,1H3,(H,18,19)(H2,16,17,20). The van der Waals surface area contributed by atoms with Gasteiger partial charge in [0, 0.05) is 8.59 Å². The molecule has 0 bridgehead atoms. The minimum absolute atomic E-state index is 0.00459. The van der Waals surface area contributed by atoms with E-state index in [2.05, 4.69) is 33.2 Å². The molecular formula is C13H14ClIN2O3. The minimum atomic E-state index is -1.22. The van der Waals surface area contributed by atoms with Crippen molar-refractivity contribution in [1.29, 1.82) is 0 Å². The normalized spacial score (nSPS) is 17.1. The number of carboxylic acids is 1. The van der Waals surface area contributed by atoms with E-state index in [1.165, 1.54) is 0 Å². The maximum absolute atomic E-state index is 12.0. The second-order valence-corrected chi connectivity index (χ2v) is 6.58. The molecule has 1 atom stereocenters. The monoisotopic (exact) mass is 408 g/mol. The zero-order valence-corrected chi connectivity index (χ0v) is 13.7. The number of carbonyl (C=O) groups excluding carboxylic acids is 1. The summed E-state index contributed by atoms with van der Waals surface area (Å²) >= 11 is 7.89. The lowest BCUT2D eigenvalue weighted by Crippen LogP contribution is -2.55. The number of amides is 2. The molecule has 1 unspecified atom stereocenters. The molecule has 5 nitrogen and oxygen atoms in total. The summed E-state index contributed by atoms with van der Waals surface area (Å²) in [4.78, 5) is 23.3. The highest BCUT2D eigenvalue weighted by molar-refractivity contribution is 14.1. The highest BCUT2D eigenvalue weighted by atomic mass is 127. The molecule has 108 valence electrons. The Morgan fingerprint density at radius 1 is 1.45 bits per heavy atom. The molecule has 2 rings (SSSR count). The van der Waals surface area contributed by atoms with Crippen LogP contribution < -0.4 is 10.6 Å². The van der Waals surface area contributed by atoms with E-state index in [9.17, 15) is 14.7 Å². The van der Waals surface area contributed by atoms with Crippen molar-refractivity contribution in [2.24, 2.45) is 5.92 Å². The maximum atomic E-state index is 12.0. The first kappa shape index (κ1) is 15.4. The summed E-state index contributed by atoms with van der Waals surface area (Å²) < 4.78 is 0.786. The van der Waals surface area contributed by atoms with Crippen molar-refractivity contribution < 1.29 is 14.7 Å². The summed E-state index contributed by atoms with van der Waals surface area (Å²) in [6.07, 6.45) is 1.64. The van der Waals surface area contributed by atoms with Gasteiger partial charge in [0.15, 0.2) is 0 Å². The lowest BCUT2D eigenvalue weighted by molar-refractivity contribution is -0.144. The summed E-state index contributed by atoms with van der Waals surface area (Å²) in [6, 6.07) is 4.53. The van der Waals surface area contributed by atoms with Crippen LogP contribution in [0.3, 0.4) is 0 Å². The van der Waals surface area contributed by atoms with Crippen LogP contribution in [0.2, 0.25) is 5.02 Å². The predicted octanol–water partition coefficient (Wildman–Crippen LogP) is 3.32. The van der Waals surface area contributed by atoms with Crippen LogP contribution >= 0.6 is 34.2 Å². The Bertz CT molecular complexity index is 563. The smallest absolute Gasteiger partial charge is 0.329 e. The third-order valence-electron chi connectivity index (χ3n) is 3.39. The zero-order valence-electron chi connectivity index (χ0n) is 10.7. The Morgan fingerprint density at radius 3 is 2.60 bits per heavy atom. The molecule has 1 fully saturated rings. The number of benzene rings is 1. The second-order valence-electron chi connectivity index (χ2n) is 4.99. The fourth-order valence-corrected chi connectivity index (χ4v) is 2.98. The van der Waals surface area contributed by atoms with Crippen LogP contribution in [0.25, 0.3) is 0 Å². The van der Waals surface area contributed by atoms with Gasteiger partial charge in [0.05, 0.1) is 5.69 Å². The summed E-state index contributed by atoms with van der Waals surface area (Å²) in [5.74, 6) is -1.02. The number of halogens is 2. The van der Waals surface area contributed by atoms with Crippen molar-refractivity contribution >= 4 is 51.9 Å². The van der Waals surface area contributed by atoms with E-state index < -0.39 is 17.5 Å². The molecule has 7 heteroatoms. The minimum Gasteiger partial charge on any atom is -0.480 e. The average Bonchev–Trinajstić information content (AvgIpc) is 3.16. The molecule has 1 saturated carbocycles. The SMILES string of the molecule is CC(NC(=O)Nc1ccc(Cl)cc1I)(C(=O)O)C1CC1. The van der Waals surface area contributed by atoms with E-state index in [4.69, 9.17) is 11.6 Å². The summed E-state index contributed by atoms with van der Waals surface area (Å²) in [6.45, 7) is 1.54. The van der Waals surface area contributed by atoms with E-state index in [0.717, 1.165) is 16.4 Å². The van der Waals surface area contributed by atoms with E-state index in [-0.39, 0.29) is 5.92 Å². The molecule has 2 amide bonds. The molecule has 0 aliphatic heterocycles. The number of hydrogen-bond acceptors (Lipinski definition) is 2. The van der Waals surface area contributed by atoms with Crippen LogP contribution in [0, 0.1) is 9.49 Å². The zero-order chi connectivity index (χ0) is 14.9. The molecule has 0 spiro atoms. The van der Waals surface area contributed by atoms with Gasteiger partial charge < -0.3 is 15.7 Å². The number of rotatable bonds is 4. The van der Waals surface area contributed by atoms with Gasteiger partial charge in [0.1, 0.15) is 5.54 Å². The Balaban J connectivity index is 2.06. The predicted molar refractivity (Wildman–Crippen MR) is 85.1 cm³/mol. The Morgan fingerprint density at radius 2 is 2.10 bits per heavy atom. The van der Waals surface area contributed by atoms with Crippen molar-refractivity contribution in [1.82, 2.24) is 5.32 Å². The molecule has 0 aromatic heterocycles. The van der Waals surface area contributed by atoms with Gasteiger partial charge >= 0.3 is 12.0 Å². The average molecular weight is 409 g/mol. The van der Waals surface area contributed by atoms with Crippen molar-refractivity contribution in [2.75, 3.05) is 5.32 Å². The number of anilines is 1. The summed E-state index contributed by atoms with van der Waals surface area (Å²) in [5.41, 5.74) is -0.627. The molecule has 1 aromatic rings. The van der Waals surface area contributed by atoms with Gasteiger partial charge in [-0.25, -0.2) is 9.59 Å². The Kier molecular flexibility index (Phi) is 4.43. The van der Waals surface area contributed by atoms with Crippen molar-refractivity contribution in [3.63, 3.8) is 0 Å². The molecule has 3 N–H and O–H groups in total. The molecular weight excluding hydrogens is 395 g/mol. The summed E-state index contributed by atoms with van der Waals surface area (Å²) in [7, 11) is 0. The first-order chi connectivity index (χ1) is 9.33. The quantitative estimate of drug-likeness (QED) is 0.669. The molecule has 0 heterocycles. The third kappa shape index (κ3) is 3.35. The van der Waals surface area contributed by atoms with Crippen molar-refractivity contribution in [2.45, 2.75) is 25.3 Å². The molecule has 20 heavy (non-hydrogen) atoms. The van der Waals surface area contributed by atoms with Crippen LogP contribution in [-0.2, 0) is 4.79 Å². The number of carbonyl (C=O) groups is 2. The number of carboxylic acid groups (broad SMARTS) is 1. The number of urea groups is 1. The first-order valence-corrected chi connectivity index (χ1v) is 7.56. The maximum Gasteiger partial charge on any atom is 0.329 e.